The summed E-state index contributed by atoms with van der Waals surface area (Å²) in [5.74, 6) is 0.925. The molecule has 0 atom stereocenters. The number of anilines is 2. The third-order valence-electron chi connectivity index (χ3n) is 5.09. The van der Waals surface area contributed by atoms with Crippen LogP contribution in [-0.2, 0) is 6.54 Å². The monoisotopic (exact) mass is 441 g/mol. The van der Waals surface area contributed by atoms with E-state index in [2.05, 4.69) is 15.3 Å². The maximum atomic E-state index is 6.57. The molecule has 0 bridgehead atoms. The van der Waals surface area contributed by atoms with E-state index in [9.17, 15) is 0 Å². The van der Waals surface area contributed by atoms with Gasteiger partial charge < -0.3 is 11.1 Å². The fourth-order valence-corrected chi connectivity index (χ4v) is 3.66. The average Bonchev–Trinajstić information content (AvgIpc) is 3.15. The predicted octanol–water partition coefficient (Wildman–Crippen LogP) is 5.03. The van der Waals surface area contributed by atoms with Crippen molar-refractivity contribution in [3.8, 4) is 16.9 Å². The molecule has 3 N–H and O–H groups in total. The molecule has 32 heavy (non-hydrogen) atoms. The molecule has 7 nitrogen and oxygen atoms in total. The first kappa shape index (κ1) is 20.0. The molecule has 0 aliphatic carbocycles. The van der Waals surface area contributed by atoms with Gasteiger partial charge in [-0.2, -0.15) is 4.98 Å². The molecule has 158 valence electrons. The Balaban J connectivity index is 1.65. The van der Waals surface area contributed by atoms with E-state index in [1.807, 2.05) is 73.7 Å². The molecule has 8 heteroatoms. The molecule has 0 spiro atoms. The summed E-state index contributed by atoms with van der Waals surface area (Å²) < 4.78 is 1.70. The van der Waals surface area contributed by atoms with Crippen molar-refractivity contribution in [2.45, 2.75) is 13.5 Å². The van der Waals surface area contributed by atoms with Gasteiger partial charge in [-0.15, -0.1) is 5.10 Å². The number of hydrogen-bond donors (Lipinski definition) is 2. The minimum absolute atomic E-state index is 0.446. The Kier molecular flexibility index (Phi) is 5.17. The van der Waals surface area contributed by atoms with Crippen LogP contribution < -0.4 is 11.1 Å². The maximum Gasteiger partial charge on any atom is 0.225 e. The molecule has 0 amide bonds. The number of benzene rings is 2. The smallest absolute Gasteiger partial charge is 0.225 e. The number of hydrogen-bond acceptors (Lipinski definition) is 6. The Morgan fingerprint density at radius 3 is 2.59 bits per heavy atom. The molecule has 5 aromatic rings. The number of rotatable bonds is 5. The third kappa shape index (κ3) is 3.86. The van der Waals surface area contributed by atoms with E-state index in [1.165, 1.54) is 0 Å². The third-order valence-corrected chi connectivity index (χ3v) is 5.34. The number of nitrogen functional groups attached to an aromatic ring is 1. The molecule has 0 aliphatic rings. The number of aryl methyl sites for hydroxylation is 1. The van der Waals surface area contributed by atoms with Crippen LogP contribution in [0.25, 0.3) is 28.0 Å². The normalized spacial score (nSPS) is 11.1. The summed E-state index contributed by atoms with van der Waals surface area (Å²) in [5, 5.41) is 9.29. The van der Waals surface area contributed by atoms with Crippen LogP contribution >= 0.6 is 11.6 Å². The summed E-state index contributed by atoms with van der Waals surface area (Å²) in [7, 11) is 0. The number of nitrogens with one attached hydrogen (secondary N) is 1. The summed E-state index contributed by atoms with van der Waals surface area (Å²) >= 11 is 6.10. The first-order valence-corrected chi connectivity index (χ1v) is 10.5. The number of nitrogens with zero attached hydrogens (tertiary/aromatic N) is 5. The molecule has 0 radical (unpaired) electrons. The molecule has 5 rings (SSSR count). The Hall–Kier alpha value is -3.97. The van der Waals surface area contributed by atoms with Crippen LogP contribution in [0.3, 0.4) is 0 Å². The largest absolute Gasteiger partial charge is 0.383 e. The van der Waals surface area contributed by atoms with Crippen molar-refractivity contribution in [1.29, 1.82) is 0 Å². The SMILES string of the molecule is Cc1cccc(-n2nc3nc(NCc4ccccn4)nc(-c4ccc(Cl)cc4)c3c2N)c1. The Labute approximate surface area is 189 Å². The lowest BCUT2D eigenvalue weighted by molar-refractivity contribution is 0.897. The van der Waals surface area contributed by atoms with E-state index in [0.717, 1.165) is 22.5 Å². The summed E-state index contributed by atoms with van der Waals surface area (Å²) in [4.78, 5) is 13.8. The molecule has 0 unspecified atom stereocenters. The summed E-state index contributed by atoms with van der Waals surface area (Å²) in [5.41, 5.74) is 11.5. The molecule has 3 aromatic heterocycles. The molecule has 0 fully saturated rings. The van der Waals surface area contributed by atoms with Crippen LogP contribution in [0.1, 0.15) is 11.3 Å². The Morgan fingerprint density at radius 2 is 1.84 bits per heavy atom. The molecular formula is C24H20ClN7. The number of halogens is 1. The second kappa shape index (κ2) is 8.28. The number of pyridine rings is 1. The van der Waals surface area contributed by atoms with E-state index < -0.39 is 0 Å². The number of nitrogens with two attached hydrogens (primary N) is 1. The van der Waals surface area contributed by atoms with E-state index in [0.29, 0.717) is 40.1 Å². The lowest BCUT2D eigenvalue weighted by Crippen LogP contribution is -2.06. The van der Waals surface area contributed by atoms with E-state index in [1.54, 1.807) is 10.9 Å². The van der Waals surface area contributed by atoms with Crippen molar-refractivity contribution in [2.24, 2.45) is 0 Å². The molecule has 0 saturated carbocycles. The van der Waals surface area contributed by atoms with Gasteiger partial charge in [-0.1, -0.05) is 41.9 Å². The van der Waals surface area contributed by atoms with Crippen molar-refractivity contribution in [1.82, 2.24) is 24.7 Å². The van der Waals surface area contributed by atoms with E-state index in [4.69, 9.17) is 27.4 Å². The van der Waals surface area contributed by atoms with Gasteiger partial charge in [0.2, 0.25) is 5.95 Å². The van der Waals surface area contributed by atoms with Crippen molar-refractivity contribution in [3.63, 3.8) is 0 Å². The van der Waals surface area contributed by atoms with Gasteiger partial charge in [0.25, 0.3) is 0 Å². The Morgan fingerprint density at radius 1 is 1.00 bits per heavy atom. The van der Waals surface area contributed by atoms with Crippen LogP contribution in [0.2, 0.25) is 5.02 Å². The number of fused-ring (bicyclic) bond motifs is 1. The van der Waals surface area contributed by atoms with Gasteiger partial charge in [0.05, 0.1) is 29.0 Å². The van der Waals surface area contributed by atoms with Crippen LogP contribution in [0.4, 0.5) is 11.8 Å². The zero-order valence-electron chi connectivity index (χ0n) is 17.3. The quantitative estimate of drug-likeness (QED) is 0.397. The minimum Gasteiger partial charge on any atom is -0.383 e. The van der Waals surface area contributed by atoms with Crippen molar-refractivity contribution >= 4 is 34.4 Å². The fraction of sp³-hybridized carbons (Fsp3) is 0.0833. The van der Waals surface area contributed by atoms with E-state index >= 15 is 0 Å². The second-order valence-electron chi connectivity index (χ2n) is 7.41. The molecule has 2 aromatic carbocycles. The first-order valence-electron chi connectivity index (χ1n) is 10.1. The first-order chi connectivity index (χ1) is 15.6. The van der Waals surface area contributed by atoms with Gasteiger partial charge in [0.15, 0.2) is 5.65 Å². The van der Waals surface area contributed by atoms with Crippen LogP contribution in [-0.4, -0.2) is 24.7 Å². The second-order valence-corrected chi connectivity index (χ2v) is 7.85. The lowest BCUT2D eigenvalue weighted by Gasteiger charge is -2.09. The van der Waals surface area contributed by atoms with Crippen LogP contribution in [0, 0.1) is 6.92 Å². The van der Waals surface area contributed by atoms with Gasteiger partial charge in [-0.25, -0.2) is 9.67 Å². The molecule has 0 aliphatic heterocycles. The summed E-state index contributed by atoms with van der Waals surface area (Å²) in [6.07, 6.45) is 1.75. The van der Waals surface area contributed by atoms with Gasteiger partial charge in [-0.05, 0) is 48.9 Å². The molecular weight excluding hydrogens is 422 g/mol. The highest BCUT2D eigenvalue weighted by molar-refractivity contribution is 6.30. The summed E-state index contributed by atoms with van der Waals surface area (Å²) in [6.45, 7) is 2.52. The highest BCUT2D eigenvalue weighted by Crippen LogP contribution is 2.33. The van der Waals surface area contributed by atoms with Crippen molar-refractivity contribution in [2.75, 3.05) is 11.1 Å². The minimum atomic E-state index is 0.446. The molecule has 3 heterocycles. The summed E-state index contributed by atoms with van der Waals surface area (Å²) in [6, 6.07) is 21.2. The predicted molar refractivity (Wildman–Crippen MR) is 128 cm³/mol. The van der Waals surface area contributed by atoms with E-state index in [-0.39, 0.29) is 0 Å². The zero-order chi connectivity index (χ0) is 22.1. The van der Waals surface area contributed by atoms with Gasteiger partial charge in [-0.3, -0.25) is 4.98 Å². The Bertz CT molecular complexity index is 1400. The fourth-order valence-electron chi connectivity index (χ4n) is 3.54. The highest BCUT2D eigenvalue weighted by Gasteiger charge is 2.19. The van der Waals surface area contributed by atoms with Crippen LogP contribution in [0.15, 0.2) is 72.9 Å². The standard InChI is InChI=1S/C24H20ClN7/c1-15-5-4-7-19(13-15)32-22(26)20-21(16-8-10-17(25)11-9-16)29-24(30-23(20)31-32)28-14-18-6-2-3-12-27-18/h2-13H,14,26H2,1H3,(H,28,30,31). The topological polar surface area (TPSA) is 94.5 Å². The van der Waals surface area contributed by atoms with Crippen molar-refractivity contribution in [3.05, 3.63) is 89.2 Å². The number of aromatic nitrogens is 5. The van der Waals surface area contributed by atoms with Gasteiger partial charge in [0, 0.05) is 16.8 Å². The van der Waals surface area contributed by atoms with Gasteiger partial charge in [0.1, 0.15) is 5.82 Å². The maximum absolute atomic E-state index is 6.57. The zero-order valence-corrected chi connectivity index (χ0v) is 18.1. The molecule has 0 saturated heterocycles. The highest BCUT2D eigenvalue weighted by atomic mass is 35.5. The average molecular weight is 442 g/mol. The van der Waals surface area contributed by atoms with Crippen molar-refractivity contribution < 1.29 is 0 Å². The van der Waals surface area contributed by atoms with Gasteiger partial charge >= 0.3 is 0 Å². The lowest BCUT2D eigenvalue weighted by atomic mass is 10.1. The van der Waals surface area contributed by atoms with Crippen LogP contribution in [0.5, 0.6) is 0 Å².